The Labute approximate surface area is 227 Å². The molecular weight excluding hydrogens is 476 g/mol. The number of allylic oxidation sites excluding steroid dienone is 1. The van der Waals surface area contributed by atoms with Gasteiger partial charge < -0.3 is 13.9 Å². The molecule has 39 heavy (non-hydrogen) atoms. The van der Waals surface area contributed by atoms with Gasteiger partial charge in [-0.15, -0.1) is 0 Å². The molecule has 0 amide bonds. The molecule has 0 bridgehead atoms. The molecule has 4 aromatic carbocycles. The summed E-state index contributed by atoms with van der Waals surface area (Å²) in [5, 5.41) is 2.32. The van der Waals surface area contributed by atoms with E-state index in [1.54, 1.807) is 0 Å². The van der Waals surface area contributed by atoms with E-state index < -0.39 is 0 Å². The zero-order valence-corrected chi connectivity index (χ0v) is 21.9. The minimum Gasteiger partial charge on any atom is -0.456 e. The lowest BCUT2D eigenvalue weighted by molar-refractivity contribution is 0.447. The third-order valence-corrected chi connectivity index (χ3v) is 8.19. The highest BCUT2D eigenvalue weighted by atomic mass is 16.3. The molecule has 188 valence electrons. The van der Waals surface area contributed by atoms with Crippen LogP contribution in [0.1, 0.15) is 28.9 Å². The molecule has 3 heteroatoms. The van der Waals surface area contributed by atoms with Gasteiger partial charge in [0.05, 0.1) is 5.69 Å². The lowest BCUT2D eigenvalue weighted by Gasteiger charge is -2.20. The number of nitrogens with zero attached hydrogens (tertiary/aromatic N) is 2. The van der Waals surface area contributed by atoms with Crippen LogP contribution < -0.4 is 0 Å². The van der Waals surface area contributed by atoms with Crippen LogP contribution in [-0.2, 0) is 13.0 Å². The molecular formula is C36H28N2O. The summed E-state index contributed by atoms with van der Waals surface area (Å²) in [5.41, 5.74) is 13.5. The quantitative estimate of drug-likeness (QED) is 0.240. The highest BCUT2D eigenvalue weighted by molar-refractivity contribution is 6.06. The van der Waals surface area contributed by atoms with Crippen LogP contribution in [0.4, 0.5) is 0 Å². The molecule has 3 heterocycles. The lowest BCUT2D eigenvalue weighted by Crippen LogP contribution is -2.15. The fourth-order valence-corrected chi connectivity index (χ4v) is 6.32. The smallest absolute Gasteiger partial charge is 0.135 e. The average Bonchev–Trinajstić information content (AvgIpc) is 3.52. The Morgan fingerprint density at radius 2 is 1.46 bits per heavy atom. The second kappa shape index (κ2) is 8.64. The highest BCUT2D eigenvalue weighted by Gasteiger charge is 2.24. The fraction of sp³-hybridized carbons (Fsp3) is 0.111. The van der Waals surface area contributed by atoms with Crippen molar-refractivity contribution in [2.45, 2.75) is 19.4 Å². The van der Waals surface area contributed by atoms with Crippen molar-refractivity contribution in [3.8, 4) is 27.9 Å². The molecule has 1 aliphatic heterocycles. The molecule has 3 nitrogen and oxygen atoms in total. The minimum absolute atomic E-state index is 0.928. The third kappa shape index (κ3) is 3.58. The Bertz CT molecular complexity index is 1970. The summed E-state index contributed by atoms with van der Waals surface area (Å²) in [6.07, 6.45) is 11.3. The van der Waals surface area contributed by atoms with E-state index in [-0.39, 0.29) is 0 Å². The Balaban J connectivity index is 1.22. The van der Waals surface area contributed by atoms with Crippen LogP contribution in [0.3, 0.4) is 0 Å². The highest BCUT2D eigenvalue weighted by Crippen LogP contribution is 2.37. The molecule has 6 aromatic rings. The van der Waals surface area contributed by atoms with E-state index in [0.717, 1.165) is 41.3 Å². The predicted molar refractivity (Wildman–Crippen MR) is 162 cm³/mol. The van der Waals surface area contributed by atoms with Crippen molar-refractivity contribution in [2.24, 2.45) is 0 Å². The first kappa shape index (κ1) is 22.2. The number of hydrogen-bond acceptors (Lipinski definition) is 2. The second-order valence-electron chi connectivity index (χ2n) is 10.7. The molecule has 0 saturated carbocycles. The molecule has 0 saturated heterocycles. The van der Waals surface area contributed by atoms with Gasteiger partial charge in [-0.05, 0) is 77.6 Å². The van der Waals surface area contributed by atoms with Crippen molar-refractivity contribution in [2.75, 3.05) is 7.05 Å². The Morgan fingerprint density at radius 3 is 2.36 bits per heavy atom. The maximum absolute atomic E-state index is 6.06. The Morgan fingerprint density at radius 1 is 0.692 bits per heavy atom. The molecule has 2 aliphatic rings. The van der Waals surface area contributed by atoms with Crippen molar-refractivity contribution < 1.29 is 4.42 Å². The van der Waals surface area contributed by atoms with E-state index in [2.05, 4.69) is 120 Å². The normalized spacial score (nSPS) is 14.2. The molecule has 2 aromatic heterocycles. The van der Waals surface area contributed by atoms with Crippen LogP contribution in [0.5, 0.6) is 0 Å². The van der Waals surface area contributed by atoms with Gasteiger partial charge in [0.15, 0.2) is 0 Å². The van der Waals surface area contributed by atoms with Crippen molar-refractivity contribution in [1.29, 1.82) is 0 Å². The van der Waals surface area contributed by atoms with Crippen LogP contribution in [-0.4, -0.2) is 16.5 Å². The van der Waals surface area contributed by atoms with Gasteiger partial charge in [-0.3, -0.25) is 0 Å². The summed E-state index contributed by atoms with van der Waals surface area (Å²) in [6.45, 7) is 0.948. The van der Waals surface area contributed by atoms with Crippen molar-refractivity contribution in [3.63, 3.8) is 0 Å². The number of furan rings is 1. The number of rotatable bonds is 3. The SMILES string of the molecule is CN1C=Cc2c(c3c(n2-c2cccc(-c4cccc(-c5ccc6oc7ccccc7c6c5)c4)c2)CCC=C3)C1. The summed E-state index contributed by atoms with van der Waals surface area (Å²) in [7, 11) is 2.15. The van der Waals surface area contributed by atoms with E-state index in [4.69, 9.17) is 4.42 Å². The van der Waals surface area contributed by atoms with E-state index >= 15 is 0 Å². The summed E-state index contributed by atoms with van der Waals surface area (Å²) in [4.78, 5) is 2.26. The Kier molecular flexibility index (Phi) is 4.93. The van der Waals surface area contributed by atoms with Gasteiger partial charge >= 0.3 is 0 Å². The maximum atomic E-state index is 6.06. The monoisotopic (exact) mass is 504 g/mol. The van der Waals surface area contributed by atoms with E-state index in [0.29, 0.717) is 0 Å². The fourth-order valence-electron chi connectivity index (χ4n) is 6.32. The topological polar surface area (TPSA) is 21.3 Å². The van der Waals surface area contributed by atoms with Crippen LogP contribution in [0.25, 0.3) is 62.0 Å². The second-order valence-corrected chi connectivity index (χ2v) is 10.7. The number of para-hydroxylation sites is 1. The molecule has 0 radical (unpaired) electrons. The molecule has 0 spiro atoms. The van der Waals surface area contributed by atoms with Gasteiger partial charge in [0.1, 0.15) is 11.2 Å². The first-order chi connectivity index (χ1) is 19.2. The van der Waals surface area contributed by atoms with Gasteiger partial charge in [-0.25, -0.2) is 0 Å². The molecule has 0 fully saturated rings. The summed E-state index contributed by atoms with van der Waals surface area (Å²) in [5.74, 6) is 0. The van der Waals surface area contributed by atoms with Gasteiger partial charge in [0, 0.05) is 53.1 Å². The van der Waals surface area contributed by atoms with E-state index in [9.17, 15) is 0 Å². The van der Waals surface area contributed by atoms with Crippen LogP contribution in [0.15, 0.2) is 108 Å². The van der Waals surface area contributed by atoms with Crippen molar-refractivity contribution >= 4 is 34.1 Å². The first-order valence-electron chi connectivity index (χ1n) is 13.7. The molecule has 0 unspecified atom stereocenters. The van der Waals surface area contributed by atoms with Crippen molar-refractivity contribution in [3.05, 3.63) is 126 Å². The summed E-state index contributed by atoms with van der Waals surface area (Å²) >= 11 is 0. The summed E-state index contributed by atoms with van der Waals surface area (Å²) in [6, 6.07) is 32.7. The third-order valence-electron chi connectivity index (χ3n) is 8.19. The largest absolute Gasteiger partial charge is 0.456 e. The number of benzene rings is 4. The standard InChI is InChI=1S/C36H28N2O/c1-37-19-18-34-32(23-37)29-12-2-4-14-33(29)38(34)28-11-7-10-26(21-28)24-8-6-9-25(20-24)27-16-17-36-31(22-27)30-13-3-5-15-35(30)39-36/h2-3,5-13,15-22H,4,14,23H2,1H3. The van der Waals surface area contributed by atoms with Crippen LogP contribution >= 0.6 is 0 Å². The van der Waals surface area contributed by atoms with Crippen molar-refractivity contribution in [1.82, 2.24) is 9.47 Å². The van der Waals surface area contributed by atoms with Gasteiger partial charge in [0.2, 0.25) is 0 Å². The van der Waals surface area contributed by atoms with Gasteiger partial charge in [-0.1, -0.05) is 66.7 Å². The molecule has 0 atom stereocenters. The zero-order chi connectivity index (χ0) is 25.9. The van der Waals surface area contributed by atoms with Gasteiger partial charge in [0.25, 0.3) is 0 Å². The Hall–Kier alpha value is -4.76. The summed E-state index contributed by atoms with van der Waals surface area (Å²) < 4.78 is 8.54. The predicted octanol–water partition coefficient (Wildman–Crippen LogP) is 9.09. The van der Waals surface area contributed by atoms with E-state index in [1.165, 1.54) is 50.5 Å². The molecule has 0 N–H and O–H groups in total. The van der Waals surface area contributed by atoms with Gasteiger partial charge in [-0.2, -0.15) is 0 Å². The number of fused-ring (bicyclic) bond motifs is 6. The van der Waals surface area contributed by atoms with Crippen LogP contribution in [0.2, 0.25) is 0 Å². The van der Waals surface area contributed by atoms with E-state index in [1.807, 2.05) is 12.1 Å². The van der Waals surface area contributed by atoms with Crippen LogP contribution in [0, 0.1) is 0 Å². The number of hydrogen-bond donors (Lipinski definition) is 0. The maximum Gasteiger partial charge on any atom is 0.135 e. The first-order valence-corrected chi connectivity index (χ1v) is 13.7. The minimum atomic E-state index is 0.928. The molecule has 1 aliphatic carbocycles. The molecule has 8 rings (SSSR count). The zero-order valence-electron chi connectivity index (χ0n) is 21.9. The number of aromatic nitrogens is 1. The lowest BCUT2D eigenvalue weighted by atomic mass is 9.97. The average molecular weight is 505 g/mol.